The summed E-state index contributed by atoms with van der Waals surface area (Å²) in [5.41, 5.74) is 0. The maximum absolute atomic E-state index is 12.3. The molecule has 1 aliphatic heterocycles. The van der Waals surface area contributed by atoms with Crippen molar-refractivity contribution in [2.75, 3.05) is 19.8 Å². The number of rotatable bonds is 3. The number of hydrogen-bond acceptors (Lipinski definition) is 4. The van der Waals surface area contributed by atoms with E-state index in [1.165, 1.54) is 16.2 Å². The number of carboxylic acids is 1. The fraction of sp³-hybridized carbons (Fsp3) is 0.455. The number of ether oxygens (including phenoxy) is 1. The SMILES string of the molecule is O=C(O)CC1COCCN1C(=O)c1sccc1Cl. The van der Waals surface area contributed by atoms with Gasteiger partial charge >= 0.3 is 5.97 Å². The van der Waals surface area contributed by atoms with Gasteiger partial charge in [0.1, 0.15) is 4.88 Å². The number of carbonyl (C=O) groups excluding carboxylic acids is 1. The molecular formula is C11H12ClNO4S. The molecule has 1 N–H and O–H groups in total. The van der Waals surface area contributed by atoms with Crippen molar-refractivity contribution < 1.29 is 19.4 Å². The van der Waals surface area contributed by atoms with Crippen LogP contribution in [0.4, 0.5) is 0 Å². The van der Waals surface area contributed by atoms with Crippen molar-refractivity contribution >= 4 is 34.8 Å². The van der Waals surface area contributed by atoms with E-state index in [-0.39, 0.29) is 18.9 Å². The zero-order valence-corrected chi connectivity index (χ0v) is 11.0. The molecule has 0 aromatic carbocycles. The Hall–Kier alpha value is -1.11. The molecule has 1 fully saturated rings. The topological polar surface area (TPSA) is 66.8 Å². The number of morpholine rings is 1. The quantitative estimate of drug-likeness (QED) is 0.920. The molecule has 0 saturated carbocycles. The smallest absolute Gasteiger partial charge is 0.305 e. The molecule has 1 aromatic rings. The van der Waals surface area contributed by atoms with Gasteiger partial charge in [-0.05, 0) is 11.4 Å². The lowest BCUT2D eigenvalue weighted by Gasteiger charge is -2.34. The van der Waals surface area contributed by atoms with Crippen molar-refractivity contribution in [2.24, 2.45) is 0 Å². The van der Waals surface area contributed by atoms with Crippen LogP contribution in [0.3, 0.4) is 0 Å². The number of nitrogens with zero attached hydrogens (tertiary/aromatic N) is 1. The summed E-state index contributed by atoms with van der Waals surface area (Å²) in [5, 5.41) is 11.0. The lowest BCUT2D eigenvalue weighted by Crippen LogP contribution is -2.49. The third-order valence-electron chi connectivity index (χ3n) is 2.71. The number of halogens is 1. The predicted octanol–water partition coefficient (Wildman–Crippen LogP) is 1.72. The molecule has 7 heteroatoms. The predicted molar refractivity (Wildman–Crippen MR) is 67.2 cm³/mol. The summed E-state index contributed by atoms with van der Waals surface area (Å²) in [6.07, 6.45) is -0.116. The summed E-state index contributed by atoms with van der Waals surface area (Å²) in [7, 11) is 0. The van der Waals surface area contributed by atoms with E-state index in [2.05, 4.69) is 0 Å². The van der Waals surface area contributed by atoms with Crippen LogP contribution >= 0.6 is 22.9 Å². The van der Waals surface area contributed by atoms with Gasteiger partial charge in [0.05, 0.1) is 30.7 Å². The Balaban J connectivity index is 2.16. The average molecular weight is 290 g/mol. The van der Waals surface area contributed by atoms with Crippen LogP contribution < -0.4 is 0 Å². The van der Waals surface area contributed by atoms with Crippen molar-refractivity contribution in [3.63, 3.8) is 0 Å². The fourth-order valence-corrected chi connectivity index (χ4v) is 2.96. The molecule has 98 valence electrons. The zero-order valence-electron chi connectivity index (χ0n) is 9.47. The number of thiophene rings is 1. The Morgan fingerprint density at radius 1 is 1.61 bits per heavy atom. The fourth-order valence-electron chi connectivity index (χ4n) is 1.87. The molecule has 1 amide bonds. The molecule has 0 aliphatic carbocycles. The van der Waals surface area contributed by atoms with Crippen LogP contribution in [0.15, 0.2) is 11.4 Å². The molecule has 0 radical (unpaired) electrons. The second kappa shape index (κ2) is 5.69. The van der Waals surface area contributed by atoms with Crippen molar-refractivity contribution in [2.45, 2.75) is 12.5 Å². The molecule has 1 aromatic heterocycles. The van der Waals surface area contributed by atoms with Gasteiger partial charge in [0, 0.05) is 6.54 Å². The van der Waals surface area contributed by atoms with E-state index in [0.717, 1.165) is 0 Å². The first-order valence-corrected chi connectivity index (χ1v) is 6.69. The van der Waals surface area contributed by atoms with Gasteiger partial charge in [0.25, 0.3) is 5.91 Å². The lowest BCUT2D eigenvalue weighted by atomic mass is 10.1. The van der Waals surface area contributed by atoms with Crippen LogP contribution in [-0.2, 0) is 9.53 Å². The Morgan fingerprint density at radius 3 is 3.00 bits per heavy atom. The minimum atomic E-state index is -0.944. The Kier molecular flexibility index (Phi) is 4.21. The van der Waals surface area contributed by atoms with E-state index in [1.807, 2.05) is 0 Å². The largest absolute Gasteiger partial charge is 0.481 e. The number of carbonyl (C=O) groups is 2. The molecule has 2 rings (SSSR count). The molecule has 18 heavy (non-hydrogen) atoms. The van der Waals surface area contributed by atoms with Crippen LogP contribution in [0.5, 0.6) is 0 Å². The standard InChI is InChI=1S/C11H12ClNO4S/c12-8-1-4-18-10(8)11(16)13-2-3-17-6-7(13)5-9(14)15/h1,4,7H,2-3,5-6H2,(H,14,15). The first-order chi connectivity index (χ1) is 8.59. The van der Waals surface area contributed by atoms with Crippen molar-refractivity contribution in [3.8, 4) is 0 Å². The van der Waals surface area contributed by atoms with Crippen LogP contribution in [0, 0.1) is 0 Å². The summed E-state index contributed by atoms with van der Waals surface area (Å²) in [6.45, 7) is 1.07. The number of aliphatic carboxylic acids is 1. The van der Waals surface area contributed by atoms with Gasteiger partial charge in [-0.1, -0.05) is 11.6 Å². The van der Waals surface area contributed by atoms with E-state index in [1.54, 1.807) is 11.4 Å². The first kappa shape index (κ1) is 13.3. The molecule has 1 unspecified atom stereocenters. The van der Waals surface area contributed by atoms with Crippen molar-refractivity contribution in [1.82, 2.24) is 4.90 Å². The van der Waals surface area contributed by atoms with Crippen LogP contribution in [0.1, 0.15) is 16.1 Å². The number of amides is 1. The van der Waals surface area contributed by atoms with Crippen LogP contribution in [0.2, 0.25) is 5.02 Å². The van der Waals surface area contributed by atoms with Gasteiger partial charge < -0.3 is 14.7 Å². The summed E-state index contributed by atoms with van der Waals surface area (Å²) in [6, 6.07) is 1.23. The first-order valence-electron chi connectivity index (χ1n) is 5.43. The van der Waals surface area contributed by atoms with Gasteiger partial charge in [-0.25, -0.2) is 0 Å². The highest BCUT2D eigenvalue weighted by atomic mass is 35.5. The third kappa shape index (κ3) is 2.82. The second-order valence-corrected chi connectivity index (χ2v) is 5.25. The molecule has 2 heterocycles. The molecule has 1 atom stereocenters. The van der Waals surface area contributed by atoms with Crippen LogP contribution in [0.25, 0.3) is 0 Å². The van der Waals surface area contributed by atoms with Gasteiger partial charge in [-0.3, -0.25) is 9.59 Å². The van der Waals surface area contributed by atoms with Gasteiger partial charge in [-0.2, -0.15) is 0 Å². The van der Waals surface area contributed by atoms with Gasteiger partial charge in [-0.15, -0.1) is 11.3 Å². The summed E-state index contributed by atoms with van der Waals surface area (Å²) < 4.78 is 5.22. The molecule has 5 nitrogen and oxygen atoms in total. The van der Waals surface area contributed by atoms with Crippen LogP contribution in [-0.4, -0.2) is 47.7 Å². The molecule has 0 spiro atoms. The molecule has 1 saturated heterocycles. The van der Waals surface area contributed by atoms with E-state index < -0.39 is 12.0 Å². The Morgan fingerprint density at radius 2 is 2.39 bits per heavy atom. The number of hydrogen-bond donors (Lipinski definition) is 1. The maximum atomic E-state index is 12.3. The second-order valence-electron chi connectivity index (χ2n) is 3.92. The molecular weight excluding hydrogens is 278 g/mol. The zero-order chi connectivity index (χ0) is 13.1. The molecule has 1 aliphatic rings. The van der Waals surface area contributed by atoms with E-state index in [4.69, 9.17) is 21.4 Å². The van der Waals surface area contributed by atoms with Crippen molar-refractivity contribution in [1.29, 1.82) is 0 Å². The highest BCUT2D eigenvalue weighted by molar-refractivity contribution is 7.12. The van der Waals surface area contributed by atoms with E-state index in [9.17, 15) is 9.59 Å². The molecule has 0 bridgehead atoms. The third-order valence-corrected chi connectivity index (χ3v) is 4.04. The Labute approximate surface area is 113 Å². The highest BCUT2D eigenvalue weighted by Gasteiger charge is 2.31. The van der Waals surface area contributed by atoms with Crippen molar-refractivity contribution in [3.05, 3.63) is 21.3 Å². The summed E-state index contributed by atoms with van der Waals surface area (Å²) in [5.74, 6) is -1.16. The van der Waals surface area contributed by atoms with Gasteiger partial charge in [0.2, 0.25) is 0 Å². The maximum Gasteiger partial charge on any atom is 0.305 e. The summed E-state index contributed by atoms with van der Waals surface area (Å²) in [4.78, 5) is 25.0. The lowest BCUT2D eigenvalue weighted by molar-refractivity contribution is -0.139. The highest BCUT2D eigenvalue weighted by Crippen LogP contribution is 2.25. The average Bonchev–Trinajstić information content (AvgIpc) is 2.74. The normalized spacial score (nSPS) is 19.8. The van der Waals surface area contributed by atoms with E-state index in [0.29, 0.717) is 23.1 Å². The summed E-state index contributed by atoms with van der Waals surface area (Å²) >= 11 is 7.18. The monoisotopic (exact) mass is 289 g/mol. The van der Waals surface area contributed by atoms with E-state index >= 15 is 0 Å². The van der Waals surface area contributed by atoms with Gasteiger partial charge in [0.15, 0.2) is 0 Å². The minimum Gasteiger partial charge on any atom is -0.481 e. The minimum absolute atomic E-state index is 0.116. The Bertz CT molecular complexity index is 462. The number of carboxylic acid groups (broad SMARTS) is 1.